The first-order chi connectivity index (χ1) is 12.1. The Morgan fingerprint density at radius 3 is 2.68 bits per heavy atom. The van der Waals surface area contributed by atoms with Gasteiger partial charge in [0.1, 0.15) is 11.6 Å². The Bertz CT molecular complexity index is 893. The number of rotatable bonds is 6. The van der Waals surface area contributed by atoms with E-state index < -0.39 is 12.5 Å². The van der Waals surface area contributed by atoms with Crippen LogP contribution in [0.1, 0.15) is 16.2 Å². The summed E-state index contributed by atoms with van der Waals surface area (Å²) in [6, 6.07) is 13.7. The molecule has 3 aromatic rings. The number of amides is 1. The number of aromatic nitrogens is 2. The summed E-state index contributed by atoms with van der Waals surface area (Å²) in [5, 5.41) is 2.72. The molecular weight excluding hydrogens is 328 g/mol. The zero-order valence-corrected chi connectivity index (χ0v) is 13.6. The van der Waals surface area contributed by atoms with Crippen LogP contribution in [0, 0.1) is 0 Å². The van der Waals surface area contributed by atoms with Gasteiger partial charge in [-0.25, -0.2) is 4.98 Å². The van der Waals surface area contributed by atoms with Crippen molar-refractivity contribution < 1.29 is 18.3 Å². The molecule has 3 rings (SSSR count). The Labute approximate surface area is 143 Å². The molecule has 0 atom stereocenters. The number of nitrogens with zero attached hydrogens (tertiary/aromatic N) is 2. The Morgan fingerprint density at radius 1 is 1.20 bits per heavy atom. The van der Waals surface area contributed by atoms with Crippen molar-refractivity contribution >= 4 is 16.9 Å². The number of carbonyl (C=O) groups excluding carboxylic acids is 1. The van der Waals surface area contributed by atoms with E-state index in [0.29, 0.717) is 13.0 Å². The van der Waals surface area contributed by atoms with Crippen LogP contribution in [0.3, 0.4) is 0 Å². The quantitative estimate of drug-likeness (QED) is 0.747. The van der Waals surface area contributed by atoms with Gasteiger partial charge in [0.15, 0.2) is 0 Å². The highest BCUT2D eigenvalue weighted by Crippen LogP contribution is 2.20. The van der Waals surface area contributed by atoms with Gasteiger partial charge in [0.2, 0.25) is 0 Å². The van der Waals surface area contributed by atoms with Crippen LogP contribution in [0.4, 0.5) is 8.78 Å². The number of hydrogen-bond donors (Lipinski definition) is 1. The SMILES string of the molecule is Cn1c(CCNC(=O)c2ccccc2OC(F)F)nc2ccccc21. The summed E-state index contributed by atoms with van der Waals surface area (Å²) in [5.41, 5.74) is 1.98. The van der Waals surface area contributed by atoms with Crippen LogP contribution in [0.5, 0.6) is 5.75 Å². The lowest BCUT2D eigenvalue weighted by molar-refractivity contribution is -0.0501. The Kier molecular flexibility index (Phi) is 4.92. The van der Waals surface area contributed by atoms with Crippen molar-refractivity contribution in [3.63, 3.8) is 0 Å². The molecule has 1 N–H and O–H groups in total. The standard InChI is InChI=1S/C18H17F2N3O2/c1-23-14-8-4-3-7-13(14)22-16(23)10-11-21-17(24)12-6-2-5-9-15(12)25-18(19)20/h2-9,18H,10-11H2,1H3,(H,21,24). The summed E-state index contributed by atoms with van der Waals surface area (Å²) in [6.07, 6.45) is 0.523. The number of alkyl halides is 2. The van der Waals surface area contributed by atoms with Crippen LogP contribution < -0.4 is 10.1 Å². The fourth-order valence-electron chi connectivity index (χ4n) is 2.66. The first kappa shape index (κ1) is 16.9. The van der Waals surface area contributed by atoms with E-state index >= 15 is 0 Å². The van der Waals surface area contributed by atoms with Crippen molar-refractivity contribution in [1.82, 2.24) is 14.9 Å². The maximum Gasteiger partial charge on any atom is 0.387 e. The number of aryl methyl sites for hydroxylation is 1. The minimum absolute atomic E-state index is 0.0767. The number of benzene rings is 2. The second-order valence-corrected chi connectivity index (χ2v) is 5.46. The molecular formula is C18H17F2N3O2. The number of imidazole rings is 1. The van der Waals surface area contributed by atoms with E-state index in [0.717, 1.165) is 16.9 Å². The predicted molar refractivity (Wildman–Crippen MR) is 89.8 cm³/mol. The second-order valence-electron chi connectivity index (χ2n) is 5.46. The number of para-hydroxylation sites is 3. The fourth-order valence-corrected chi connectivity index (χ4v) is 2.66. The van der Waals surface area contributed by atoms with Gasteiger partial charge in [0.05, 0.1) is 16.6 Å². The molecule has 0 fully saturated rings. The van der Waals surface area contributed by atoms with Gasteiger partial charge in [0.25, 0.3) is 5.91 Å². The van der Waals surface area contributed by atoms with E-state index in [1.165, 1.54) is 18.2 Å². The lowest BCUT2D eigenvalue weighted by Gasteiger charge is -2.10. The molecule has 7 heteroatoms. The molecule has 5 nitrogen and oxygen atoms in total. The summed E-state index contributed by atoms with van der Waals surface area (Å²) < 4.78 is 31.2. The maximum absolute atomic E-state index is 12.4. The summed E-state index contributed by atoms with van der Waals surface area (Å²) in [6.45, 7) is -2.65. The number of hydrogen-bond acceptors (Lipinski definition) is 3. The molecule has 0 saturated heterocycles. The van der Waals surface area contributed by atoms with Crippen LogP contribution in [-0.2, 0) is 13.5 Å². The molecule has 0 aliphatic rings. The lowest BCUT2D eigenvalue weighted by Crippen LogP contribution is -2.27. The molecule has 2 aromatic carbocycles. The maximum atomic E-state index is 12.4. The van der Waals surface area contributed by atoms with Crippen LogP contribution in [-0.4, -0.2) is 28.6 Å². The van der Waals surface area contributed by atoms with E-state index in [1.54, 1.807) is 6.07 Å². The molecule has 25 heavy (non-hydrogen) atoms. The third-order valence-electron chi connectivity index (χ3n) is 3.86. The van der Waals surface area contributed by atoms with E-state index in [9.17, 15) is 13.6 Å². The molecule has 130 valence electrons. The molecule has 1 aromatic heterocycles. The highest BCUT2D eigenvalue weighted by atomic mass is 19.3. The van der Waals surface area contributed by atoms with Crippen LogP contribution >= 0.6 is 0 Å². The van der Waals surface area contributed by atoms with Crippen molar-refractivity contribution in [2.24, 2.45) is 7.05 Å². The van der Waals surface area contributed by atoms with Crippen molar-refractivity contribution in [2.45, 2.75) is 13.0 Å². The Hall–Kier alpha value is -2.96. The van der Waals surface area contributed by atoms with Crippen molar-refractivity contribution in [3.8, 4) is 5.75 Å². The van der Waals surface area contributed by atoms with Gasteiger partial charge < -0.3 is 14.6 Å². The van der Waals surface area contributed by atoms with Crippen LogP contribution in [0.15, 0.2) is 48.5 Å². The normalized spacial score (nSPS) is 11.0. The summed E-state index contributed by atoms with van der Waals surface area (Å²) >= 11 is 0. The highest BCUT2D eigenvalue weighted by molar-refractivity contribution is 5.96. The third kappa shape index (κ3) is 3.76. The van der Waals surface area contributed by atoms with E-state index in [1.807, 2.05) is 35.9 Å². The topological polar surface area (TPSA) is 56.2 Å². The fraction of sp³-hybridized carbons (Fsp3) is 0.222. The molecule has 0 saturated carbocycles. The van der Waals surface area contributed by atoms with E-state index in [-0.39, 0.29) is 11.3 Å². The molecule has 0 aliphatic heterocycles. The predicted octanol–water partition coefficient (Wildman–Crippen LogP) is 3.15. The highest BCUT2D eigenvalue weighted by Gasteiger charge is 2.15. The number of nitrogens with one attached hydrogen (secondary N) is 1. The average Bonchev–Trinajstić information content (AvgIpc) is 2.91. The molecule has 0 bridgehead atoms. The van der Waals surface area contributed by atoms with Crippen molar-refractivity contribution in [1.29, 1.82) is 0 Å². The minimum atomic E-state index is -2.98. The van der Waals surface area contributed by atoms with Crippen LogP contribution in [0.25, 0.3) is 11.0 Å². The average molecular weight is 345 g/mol. The molecule has 1 heterocycles. The van der Waals surface area contributed by atoms with Crippen molar-refractivity contribution in [3.05, 3.63) is 59.9 Å². The van der Waals surface area contributed by atoms with Gasteiger partial charge in [-0.2, -0.15) is 8.78 Å². The van der Waals surface area contributed by atoms with Gasteiger partial charge in [-0.15, -0.1) is 0 Å². The van der Waals surface area contributed by atoms with E-state index in [4.69, 9.17) is 0 Å². The lowest BCUT2D eigenvalue weighted by atomic mass is 10.2. The summed E-state index contributed by atoms with van der Waals surface area (Å²) in [4.78, 5) is 16.8. The number of fused-ring (bicyclic) bond motifs is 1. The molecule has 1 amide bonds. The van der Waals surface area contributed by atoms with Gasteiger partial charge in [-0.05, 0) is 24.3 Å². The van der Waals surface area contributed by atoms with Crippen molar-refractivity contribution in [2.75, 3.05) is 6.54 Å². The summed E-state index contributed by atoms with van der Waals surface area (Å²) in [5.74, 6) is 0.228. The summed E-state index contributed by atoms with van der Waals surface area (Å²) in [7, 11) is 1.91. The zero-order chi connectivity index (χ0) is 17.8. The van der Waals surface area contributed by atoms with Gasteiger partial charge in [-0.1, -0.05) is 24.3 Å². The number of ether oxygens (including phenoxy) is 1. The number of carbonyl (C=O) groups is 1. The smallest absolute Gasteiger partial charge is 0.387 e. The zero-order valence-electron chi connectivity index (χ0n) is 13.6. The Morgan fingerprint density at radius 2 is 1.92 bits per heavy atom. The molecule has 0 unspecified atom stereocenters. The molecule has 0 radical (unpaired) electrons. The van der Waals surface area contributed by atoms with Crippen LogP contribution in [0.2, 0.25) is 0 Å². The minimum Gasteiger partial charge on any atom is -0.434 e. The van der Waals surface area contributed by atoms with Gasteiger partial charge in [0, 0.05) is 20.0 Å². The Balaban J connectivity index is 1.66. The van der Waals surface area contributed by atoms with E-state index in [2.05, 4.69) is 15.0 Å². The third-order valence-corrected chi connectivity index (χ3v) is 3.86. The second kappa shape index (κ2) is 7.29. The largest absolute Gasteiger partial charge is 0.434 e. The van der Waals surface area contributed by atoms with Gasteiger partial charge in [-0.3, -0.25) is 4.79 Å². The first-order valence-corrected chi connectivity index (χ1v) is 7.78. The number of halogens is 2. The monoisotopic (exact) mass is 345 g/mol. The molecule has 0 aliphatic carbocycles. The first-order valence-electron chi connectivity index (χ1n) is 7.78. The molecule has 0 spiro atoms. The van der Waals surface area contributed by atoms with Gasteiger partial charge >= 0.3 is 6.61 Å².